The van der Waals surface area contributed by atoms with E-state index < -0.39 is 0 Å². The van der Waals surface area contributed by atoms with Gasteiger partial charge in [0, 0.05) is 12.0 Å². The Labute approximate surface area is 122 Å². The van der Waals surface area contributed by atoms with Gasteiger partial charge in [-0.25, -0.2) is 4.98 Å². The molecule has 0 aliphatic heterocycles. The molecule has 2 aromatic rings. The third-order valence-electron chi connectivity index (χ3n) is 2.63. The van der Waals surface area contributed by atoms with Crippen LogP contribution in [-0.4, -0.2) is 21.7 Å². The van der Waals surface area contributed by atoms with Crippen molar-refractivity contribution >= 4 is 27.8 Å². The molecule has 0 unspecified atom stereocenters. The van der Waals surface area contributed by atoms with Crippen LogP contribution in [0.25, 0.3) is 9.88 Å². The number of hydrogen-bond acceptors (Lipinski definition) is 6. The van der Waals surface area contributed by atoms with Crippen molar-refractivity contribution in [3.63, 3.8) is 0 Å². The van der Waals surface area contributed by atoms with Crippen LogP contribution in [0.2, 0.25) is 0 Å². The molecule has 0 bridgehead atoms. The topological polar surface area (TPSA) is 50.7 Å². The molecule has 0 saturated heterocycles. The molecule has 4 nitrogen and oxygen atoms in total. The average Bonchev–Trinajstić information content (AvgIpc) is 2.93. The molecule has 0 aliphatic carbocycles. The van der Waals surface area contributed by atoms with E-state index in [1.54, 1.807) is 22.7 Å². The van der Waals surface area contributed by atoms with Gasteiger partial charge >= 0.3 is 0 Å². The third-order valence-corrected chi connectivity index (χ3v) is 4.87. The van der Waals surface area contributed by atoms with Crippen LogP contribution in [0.5, 0.6) is 0 Å². The summed E-state index contributed by atoms with van der Waals surface area (Å²) < 4.78 is 0. The number of rotatable bonds is 4. The van der Waals surface area contributed by atoms with Crippen LogP contribution in [0.3, 0.4) is 0 Å². The van der Waals surface area contributed by atoms with Gasteiger partial charge in [-0.15, -0.1) is 21.5 Å². The minimum absolute atomic E-state index is 0.0310. The Hall–Kier alpha value is -1.01. The van der Waals surface area contributed by atoms with E-state index in [1.165, 1.54) is 9.88 Å². The van der Waals surface area contributed by atoms with Gasteiger partial charge in [0.05, 0.1) is 15.6 Å². The first-order chi connectivity index (χ1) is 8.95. The zero-order valence-electron chi connectivity index (χ0n) is 12.1. The van der Waals surface area contributed by atoms with Crippen molar-refractivity contribution in [2.24, 2.45) is 0 Å². The lowest BCUT2D eigenvalue weighted by Gasteiger charge is -2.16. The fourth-order valence-corrected chi connectivity index (χ4v) is 3.80. The van der Waals surface area contributed by atoms with Crippen molar-refractivity contribution in [1.82, 2.24) is 15.2 Å². The number of thiazole rings is 1. The Morgan fingerprint density at radius 1 is 1.11 bits per heavy atom. The maximum atomic E-state index is 4.77. The minimum Gasteiger partial charge on any atom is -0.360 e. The molecule has 19 heavy (non-hydrogen) atoms. The Kier molecular flexibility index (Phi) is 4.20. The van der Waals surface area contributed by atoms with Crippen LogP contribution in [0.15, 0.2) is 0 Å². The van der Waals surface area contributed by atoms with Gasteiger partial charge in [-0.05, 0) is 13.3 Å². The lowest BCUT2D eigenvalue weighted by Crippen LogP contribution is -2.13. The Morgan fingerprint density at radius 3 is 2.42 bits per heavy atom. The first-order valence-electron chi connectivity index (χ1n) is 6.53. The molecule has 0 aliphatic rings. The van der Waals surface area contributed by atoms with Crippen molar-refractivity contribution in [1.29, 1.82) is 0 Å². The molecule has 2 aromatic heterocycles. The maximum absolute atomic E-state index is 4.77. The monoisotopic (exact) mass is 296 g/mol. The van der Waals surface area contributed by atoms with Crippen molar-refractivity contribution in [3.8, 4) is 9.88 Å². The molecule has 0 fully saturated rings. The highest BCUT2D eigenvalue weighted by Gasteiger charge is 2.25. The molecule has 0 atom stereocenters. The van der Waals surface area contributed by atoms with E-state index in [-0.39, 0.29) is 5.41 Å². The van der Waals surface area contributed by atoms with Gasteiger partial charge in [-0.1, -0.05) is 39.0 Å². The summed E-state index contributed by atoms with van der Waals surface area (Å²) in [5, 5.41) is 14.7. The molecule has 0 aromatic carbocycles. The smallest absolute Gasteiger partial charge is 0.206 e. The highest BCUT2D eigenvalue weighted by atomic mass is 32.1. The largest absolute Gasteiger partial charge is 0.360 e. The second-order valence-corrected chi connectivity index (χ2v) is 7.39. The molecule has 0 radical (unpaired) electrons. The Balaban J connectivity index is 2.44. The van der Waals surface area contributed by atoms with Gasteiger partial charge in [0.2, 0.25) is 5.13 Å². The second-order valence-electron chi connectivity index (χ2n) is 5.33. The Morgan fingerprint density at radius 2 is 1.84 bits per heavy atom. The van der Waals surface area contributed by atoms with Gasteiger partial charge in [0.15, 0.2) is 5.01 Å². The maximum Gasteiger partial charge on any atom is 0.206 e. The van der Waals surface area contributed by atoms with Gasteiger partial charge < -0.3 is 5.32 Å². The number of nitrogens with zero attached hydrogens (tertiary/aromatic N) is 3. The van der Waals surface area contributed by atoms with Gasteiger partial charge in [-0.2, -0.15) is 0 Å². The average molecular weight is 296 g/mol. The molecular formula is C13H20N4S2. The molecule has 1 N–H and O–H groups in total. The summed E-state index contributed by atoms with van der Waals surface area (Å²) in [5.74, 6) is 0. The first-order valence-corrected chi connectivity index (χ1v) is 8.17. The fraction of sp³-hybridized carbons (Fsp3) is 0.615. The summed E-state index contributed by atoms with van der Waals surface area (Å²) in [4.78, 5) is 5.94. The lowest BCUT2D eigenvalue weighted by atomic mass is 9.91. The third kappa shape index (κ3) is 3.12. The highest BCUT2D eigenvalue weighted by molar-refractivity contribution is 7.23. The van der Waals surface area contributed by atoms with Crippen molar-refractivity contribution < 1.29 is 0 Å². The predicted molar refractivity (Wildman–Crippen MR) is 83.3 cm³/mol. The zero-order chi connectivity index (χ0) is 14.0. The fourth-order valence-electron chi connectivity index (χ4n) is 1.71. The zero-order valence-corrected chi connectivity index (χ0v) is 13.7. The molecule has 2 rings (SSSR count). The molecule has 6 heteroatoms. The molecule has 2 heterocycles. The number of hydrogen-bond donors (Lipinski definition) is 1. The van der Waals surface area contributed by atoms with E-state index in [9.17, 15) is 0 Å². The van der Waals surface area contributed by atoms with Gasteiger partial charge in [0.25, 0.3) is 0 Å². The normalized spacial score (nSPS) is 11.8. The van der Waals surface area contributed by atoms with E-state index in [0.29, 0.717) is 0 Å². The van der Waals surface area contributed by atoms with Crippen molar-refractivity contribution in [2.75, 3.05) is 11.9 Å². The van der Waals surface area contributed by atoms with Crippen molar-refractivity contribution in [3.05, 3.63) is 10.7 Å². The van der Waals surface area contributed by atoms with Crippen LogP contribution in [0.1, 0.15) is 45.3 Å². The molecule has 0 spiro atoms. The molecule has 0 saturated carbocycles. The van der Waals surface area contributed by atoms with Gasteiger partial charge in [0.1, 0.15) is 0 Å². The van der Waals surface area contributed by atoms with Crippen molar-refractivity contribution in [2.45, 2.75) is 46.5 Å². The van der Waals surface area contributed by atoms with E-state index >= 15 is 0 Å². The van der Waals surface area contributed by atoms with Crippen LogP contribution < -0.4 is 5.32 Å². The highest BCUT2D eigenvalue weighted by Crippen LogP contribution is 2.39. The number of anilines is 1. The van der Waals surface area contributed by atoms with Crippen LogP contribution in [-0.2, 0) is 11.8 Å². The summed E-state index contributed by atoms with van der Waals surface area (Å²) in [6.07, 6.45) is 0.965. The summed E-state index contributed by atoms with van der Waals surface area (Å²) in [5.41, 5.74) is 1.16. The summed E-state index contributed by atoms with van der Waals surface area (Å²) in [6, 6.07) is 0. The predicted octanol–water partition coefficient (Wildman–Crippen LogP) is 3.95. The standard InChI is InChI=1S/C13H20N4S2/c1-6-8-15-10(13(3,4)5)9(18-8)11-16-17-12(19-11)14-7-2/h6-7H2,1-5H3,(H,14,17). The first kappa shape index (κ1) is 14.4. The number of nitrogens with one attached hydrogen (secondary N) is 1. The molecule has 0 amide bonds. The van der Waals surface area contributed by atoms with Crippen LogP contribution in [0.4, 0.5) is 5.13 Å². The van der Waals surface area contributed by atoms with Gasteiger partial charge in [-0.3, -0.25) is 0 Å². The van der Waals surface area contributed by atoms with E-state index in [1.807, 2.05) is 0 Å². The molecular weight excluding hydrogens is 276 g/mol. The summed E-state index contributed by atoms with van der Waals surface area (Å²) >= 11 is 3.34. The number of aryl methyl sites for hydroxylation is 1. The van der Waals surface area contributed by atoms with E-state index in [2.05, 4.69) is 50.1 Å². The Bertz CT molecular complexity index is 551. The van der Waals surface area contributed by atoms with Crippen LogP contribution in [0, 0.1) is 0 Å². The second kappa shape index (κ2) is 5.54. The van der Waals surface area contributed by atoms with E-state index in [0.717, 1.165) is 28.8 Å². The SMILES string of the molecule is CCNc1nnc(-c2sc(CC)nc2C(C)(C)C)s1. The van der Waals surface area contributed by atoms with Crippen LogP contribution >= 0.6 is 22.7 Å². The number of aromatic nitrogens is 3. The van der Waals surface area contributed by atoms with E-state index in [4.69, 9.17) is 4.98 Å². The quantitative estimate of drug-likeness (QED) is 0.928. The molecule has 104 valence electrons. The minimum atomic E-state index is 0.0310. The summed E-state index contributed by atoms with van der Waals surface area (Å²) in [6.45, 7) is 11.6. The lowest BCUT2D eigenvalue weighted by molar-refractivity contribution is 0.572. The summed E-state index contributed by atoms with van der Waals surface area (Å²) in [7, 11) is 0.